The van der Waals surface area contributed by atoms with Gasteiger partial charge in [0, 0.05) is 0 Å². The zero-order valence-corrected chi connectivity index (χ0v) is 15.9. The first-order valence-electron chi connectivity index (χ1n) is 8.76. The summed E-state index contributed by atoms with van der Waals surface area (Å²) in [5.41, 5.74) is 1.79. The molecular formula is C20H24NO5P. The Kier molecular flexibility index (Phi) is 8.40. The summed E-state index contributed by atoms with van der Waals surface area (Å²) in [6, 6.07) is 18.8. The predicted molar refractivity (Wildman–Crippen MR) is 105 cm³/mol. The van der Waals surface area contributed by atoms with Crippen LogP contribution >= 0.6 is 7.37 Å². The van der Waals surface area contributed by atoms with Crippen molar-refractivity contribution in [3.8, 4) is 0 Å². The van der Waals surface area contributed by atoms with Gasteiger partial charge in [-0.25, -0.2) is 4.79 Å². The van der Waals surface area contributed by atoms with Gasteiger partial charge < -0.3 is 14.7 Å². The van der Waals surface area contributed by atoms with E-state index >= 15 is 0 Å². The van der Waals surface area contributed by atoms with Crippen LogP contribution in [0.1, 0.15) is 24.0 Å². The second-order valence-electron chi connectivity index (χ2n) is 6.06. The molecule has 0 radical (unpaired) electrons. The molecule has 0 saturated carbocycles. The lowest BCUT2D eigenvalue weighted by molar-refractivity contribution is 0.151. The fraction of sp³-hybridized carbons (Fsp3) is 0.300. The summed E-state index contributed by atoms with van der Waals surface area (Å²) < 4.78 is 17.5. The van der Waals surface area contributed by atoms with E-state index in [-0.39, 0.29) is 24.6 Å². The van der Waals surface area contributed by atoms with E-state index in [0.29, 0.717) is 12.8 Å². The van der Waals surface area contributed by atoms with Crippen molar-refractivity contribution < 1.29 is 24.1 Å². The van der Waals surface area contributed by atoms with Gasteiger partial charge in [-0.15, -0.1) is 0 Å². The highest BCUT2D eigenvalue weighted by Gasteiger charge is 2.26. The minimum Gasteiger partial charge on any atom is -0.443 e. The smallest absolute Gasteiger partial charge is 0.434 e. The number of hydrogen-bond donors (Lipinski definition) is 2. The molecule has 0 aromatic heterocycles. The molecule has 0 aliphatic heterocycles. The summed E-state index contributed by atoms with van der Waals surface area (Å²) in [5.74, 6) is 0. The number of rotatable bonds is 9. The lowest BCUT2D eigenvalue weighted by Crippen LogP contribution is -2.10. The third-order valence-corrected chi connectivity index (χ3v) is 5.88. The summed E-state index contributed by atoms with van der Waals surface area (Å²) in [7, 11) is -3.87. The normalized spacial score (nSPS) is 13.8. The number of aliphatic hydroxyl groups is 1. The third kappa shape index (κ3) is 7.47. The molecular weight excluding hydrogens is 365 g/mol. The molecule has 27 heavy (non-hydrogen) atoms. The summed E-state index contributed by atoms with van der Waals surface area (Å²) in [4.78, 5) is 25.9. The zero-order chi connectivity index (χ0) is 19.5. The van der Waals surface area contributed by atoms with Crippen molar-refractivity contribution >= 4 is 18.9 Å². The maximum absolute atomic E-state index is 12.4. The van der Waals surface area contributed by atoms with Crippen LogP contribution in [-0.4, -0.2) is 34.3 Å². The highest BCUT2D eigenvalue weighted by Crippen LogP contribution is 2.43. The molecule has 144 valence electrons. The van der Waals surface area contributed by atoms with Crippen molar-refractivity contribution in [1.82, 2.24) is 0 Å². The lowest BCUT2D eigenvalue weighted by Gasteiger charge is -2.13. The number of aliphatic hydroxyl groups excluding tert-OH is 1. The van der Waals surface area contributed by atoms with Crippen LogP contribution in [0.2, 0.25) is 0 Å². The van der Waals surface area contributed by atoms with E-state index < -0.39 is 20.1 Å². The maximum Gasteiger partial charge on any atom is 0.434 e. The summed E-state index contributed by atoms with van der Waals surface area (Å²) in [6.45, 7) is -0.416. The van der Waals surface area contributed by atoms with Crippen LogP contribution in [0, 0.1) is 0 Å². The number of aryl methyl sites for hydroxylation is 1. The van der Waals surface area contributed by atoms with E-state index in [1.165, 1.54) is 0 Å². The van der Waals surface area contributed by atoms with Gasteiger partial charge in [0.05, 0.1) is 12.8 Å². The molecule has 0 bridgehead atoms. The summed E-state index contributed by atoms with van der Waals surface area (Å²) >= 11 is 0. The van der Waals surface area contributed by atoms with Gasteiger partial charge in [0.1, 0.15) is 12.1 Å². The van der Waals surface area contributed by atoms with Crippen LogP contribution < -0.4 is 0 Å². The second-order valence-corrected chi connectivity index (χ2v) is 8.42. The van der Waals surface area contributed by atoms with Crippen molar-refractivity contribution in [2.75, 3.05) is 12.8 Å². The summed E-state index contributed by atoms with van der Waals surface area (Å²) in [5, 5.41) is 9.04. The van der Waals surface area contributed by atoms with Gasteiger partial charge in [0.2, 0.25) is 7.37 Å². The second kappa shape index (κ2) is 10.8. The first-order chi connectivity index (χ1) is 13.0. The van der Waals surface area contributed by atoms with Crippen molar-refractivity contribution in [3.63, 3.8) is 0 Å². The molecule has 2 N–H and O–H groups in total. The van der Waals surface area contributed by atoms with Gasteiger partial charge in [0.15, 0.2) is 0 Å². The minimum absolute atomic E-state index is 0.0379. The largest absolute Gasteiger partial charge is 0.443 e. The Morgan fingerprint density at radius 3 is 2.19 bits per heavy atom. The fourth-order valence-electron chi connectivity index (χ4n) is 2.53. The number of ether oxygens (including phenoxy) is 1. The summed E-state index contributed by atoms with van der Waals surface area (Å²) in [6.07, 6.45) is 0.204. The number of nitrogens with zero attached hydrogens (tertiary/aromatic N) is 1. The van der Waals surface area contributed by atoms with Crippen LogP contribution in [0.4, 0.5) is 4.79 Å². The van der Waals surface area contributed by atoms with Gasteiger partial charge in [-0.05, 0) is 30.4 Å². The molecule has 0 saturated heterocycles. The molecule has 0 fully saturated rings. The van der Waals surface area contributed by atoms with Crippen LogP contribution in [-0.2, 0) is 22.3 Å². The van der Waals surface area contributed by atoms with E-state index in [0.717, 1.165) is 11.1 Å². The monoisotopic (exact) mass is 389 g/mol. The Morgan fingerprint density at radius 2 is 1.59 bits per heavy atom. The number of carbonyl (C=O) groups excluding carboxylic acids is 1. The Bertz CT molecular complexity index is 793. The third-order valence-electron chi connectivity index (χ3n) is 3.94. The number of carbonyl (C=O) groups is 1. The molecule has 0 aliphatic rings. The number of aliphatic imine (C=N–C) groups is 1. The molecule has 6 nitrogen and oxygen atoms in total. The van der Waals surface area contributed by atoms with E-state index in [2.05, 4.69) is 4.99 Å². The van der Waals surface area contributed by atoms with Crippen LogP contribution in [0.15, 0.2) is 65.7 Å². The van der Waals surface area contributed by atoms with Crippen molar-refractivity contribution in [2.45, 2.75) is 25.9 Å². The molecule has 2 aromatic carbocycles. The van der Waals surface area contributed by atoms with E-state index in [4.69, 9.17) is 9.84 Å². The maximum atomic E-state index is 12.4. The van der Waals surface area contributed by atoms with Crippen LogP contribution in [0.3, 0.4) is 0 Å². The Hall–Kier alpha value is -2.27. The fourth-order valence-corrected chi connectivity index (χ4v) is 3.80. The number of hydrogen-bond acceptors (Lipinski definition) is 4. The molecule has 1 atom stereocenters. The molecule has 0 spiro atoms. The van der Waals surface area contributed by atoms with Gasteiger partial charge in [-0.3, -0.25) is 4.57 Å². The Labute approximate surface area is 159 Å². The molecule has 1 amide bonds. The van der Waals surface area contributed by atoms with Gasteiger partial charge in [0.25, 0.3) is 0 Å². The Balaban J connectivity index is 2.00. The van der Waals surface area contributed by atoms with Gasteiger partial charge in [-0.2, -0.15) is 4.99 Å². The van der Waals surface area contributed by atoms with Gasteiger partial charge >= 0.3 is 6.09 Å². The first-order valence-corrected chi connectivity index (χ1v) is 10.6. The van der Waals surface area contributed by atoms with E-state index in [1.54, 1.807) is 12.1 Å². The quantitative estimate of drug-likeness (QED) is 0.499. The van der Waals surface area contributed by atoms with Crippen molar-refractivity contribution in [2.24, 2.45) is 4.99 Å². The van der Waals surface area contributed by atoms with E-state index in [1.807, 2.05) is 48.5 Å². The SMILES string of the molecule is O=C(N=C(CCCc1ccccc1)P(=O)(O)CCO)OCc1ccccc1. The standard InChI is InChI=1S/C20H24NO5P/c22-14-15-27(24,25)19(13-7-12-17-8-3-1-4-9-17)21-20(23)26-16-18-10-5-2-6-11-18/h1-6,8-11,22H,7,12-16H2,(H,24,25). The van der Waals surface area contributed by atoms with Crippen LogP contribution in [0.25, 0.3) is 0 Å². The highest BCUT2D eigenvalue weighted by molar-refractivity contribution is 7.75. The zero-order valence-electron chi connectivity index (χ0n) is 15.0. The average Bonchev–Trinajstić information content (AvgIpc) is 2.67. The molecule has 0 aliphatic carbocycles. The minimum atomic E-state index is -3.87. The predicted octanol–water partition coefficient (Wildman–Crippen LogP) is 4.01. The van der Waals surface area contributed by atoms with Crippen molar-refractivity contribution in [3.05, 3.63) is 71.8 Å². The van der Waals surface area contributed by atoms with Crippen LogP contribution in [0.5, 0.6) is 0 Å². The number of amides is 1. The van der Waals surface area contributed by atoms with Crippen molar-refractivity contribution in [1.29, 1.82) is 0 Å². The molecule has 0 heterocycles. The Morgan fingerprint density at radius 1 is 1.00 bits per heavy atom. The topological polar surface area (TPSA) is 96.2 Å². The highest BCUT2D eigenvalue weighted by atomic mass is 31.2. The molecule has 2 rings (SSSR count). The first kappa shape index (κ1) is 21.0. The molecule has 1 unspecified atom stereocenters. The molecule has 2 aromatic rings. The van der Waals surface area contributed by atoms with Gasteiger partial charge in [-0.1, -0.05) is 60.7 Å². The van der Waals surface area contributed by atoms with E-state index in [9.17, 15) is 14.3 Å². The average molecular weight is 389 g/mol. The lowest BCUT2D eigenvalue weighted by atomic mass is 10.1. The molecule has 7 heteroatoms. The number of benzene rings is 2.